The van der Waals surface area contributed by atoms with Crippen molar-refractivity contribution in [3.05, 3.63) is 29.0 Å². The lowest BCUT2D eigenvalue weighted by Gasteiger charge is -2.14. The van der Waals surface area contributed by atoms with Crippen molar-refractivity contribution >= 4 is 27.1 Å². The molecule has 0 amide bonds. The first-order valence-corrected chi connectivity index (χ1v) is 7.11. The van der Waals surface area contributed by atoms with Crippen LogP contribution in [-0.2, 0) is 9.84 Å². The molecule has 0 aromatic heterocycles. The number of halogens is 2. The highest BCUT2D eigenvalue weighted by Gasteiger charge is 2.12. The Bertz CT molecular complexity index is 476. The molecule has 1 aromatic rings. The zero-order valence-corrected chi connectivity index (χ0v) is 10.6. The van der Waals surface area contributed by atoms with Crippen LogP contribution in [0, 0.1) is 5.82 Å². The van der Waals surface area contributed by atoms with Gasteiger partial charge in [-0.3, -0.25) is 0 Å². The van der Waals surface area contributed by atoms with E-state index in [0.29, 0.717) is 5.02 Å². The Morgan fingerprint density at radius 1 is 1.50 bits per heavy atom. The van der Waals surface area contributed by atoms with Crippen LogP contribution in [0.1, 0.15) is 6.92 Å². The number of sulfone groups is 1. The summed E-state index contributed by atoms with van der Waals surface area (Å²) in [6.07, 6.45) is 1.14. The maximum absolute atomic E-state index is 13.3. The Hall–Kier alpha value is -0.810. The highest BCUT2D eigenvalue weighted by Crippen LogP contribution is 2.19. The second-order valence-electron chi connectivity index (χ2n) is 3.76. The molecule has 0 bridgehead atoms. The van der Waals surface area contributed by atoms with Crippen LogP contribution in [0.15, 0.2) is 18.2 Å². The van der Waals surface area contributed by atoms with E-state index in [0.717, 1.165) is 6.26 Å². The third kappa shape index (κ3) is 4.37. The van der Waals surface area contributed by atoms with E-state index in [-0.39, 0.29) is 17.5 Å². The molecular weight excluding hydrogens is 253 g/mol. The van der Waals surface area contributed by atoms with Crippen molar-refractivity contribution in [1.29, 1.82) is 0 Å². The van der Waals surface area contributed by atoms with E-state index in [4.69, 9.17) is 11.6 Å². The second kappa shape index (κ2) is 5.01. The first-order valence-electron chi connectivity index (χ1n) is 4.67. The zero-order chi connectivity index (χ0) is 12.3. The van der Waals surface area contributed by atoms with E-state index < -0.39 is 15.7 Å². The molecule has 1 unspecified atom stereocenters. The molecule has 0 saturated heterocycles. The summed E-state index contributed by atoms with van der Waals surface area (Å²) in [5.74, 6) is -0.539. The van der Waals surface area contributed by atoms with Crippen molar-refractivity contribution < 1.29 is 12.8 Å². The molecule has 90 valence electrons. The van der Waals surface area contributed by atoms with Crippen LogP contribution in [0.4, 0.5) is 10.1 Å². The molecule has 16 heavy (non-hydrogen) atoms. The molecule has 0 aliphatic heterocycles. The third-order valence-electron chi connectivity index (χ3n) is 1.89. The van der Waals surface area contributed by atoms with E-state index in [1.165, 1.54) is 12.1 Å². The second-order valence-corrected chi connectivity index (χ2v) is 6.38. The molecule has 1 atom stereocenters. The average molecular weight is 266 g/mol. The van der Waals surface area contributed by atoms with E-state index in [2.05, 4.69) is 5.32 Å². The highest BCUT2D eigenvalue weighted by molar-refractivity contribution is 7.90. The molecule has 0 spiro atoms. The molecule has 3 nitrogen and oxygen atoms in total. The van der Waals surface area contributed by atoms with Gasteiger partial charge in [0.1, 0.15) is 15.7 Å². The summed E-state index contributed by atoms with van der Waals surface area (Å²) in [7, 11) is -3.08. The van der Waals surface area contributed by atoms with Gasteiger partial charge in [0.05, 0.1) is 11.4 Å². The minimum atomic E-state index is -3.08. The van der Waals surface area contributed by atoms with Gasteiger partial charge < -0.3 is 5.32 Å². The molecule has 1 rings (SSSR count). The summed E-state index contributed by atoms with van der Waals surface area (Å²) in [6, 6.07) is 3.85. The smallest absolute Gasteiger partial charge is 0.149 e. The summed E-state index contributed by atoms with van der Waals surface area (Å²) in [4.78, 5) is 0. The molecular formula is C10H13ClFNO2S. The topological polar surface area (TPSA) is 46.2 Å². The van der Waals surface area contributed by atoms with Gasteiger partial charge in [0.2, 0.25) is 0 Å². The highest BCUT2D eigenvalue weighted by atomic mass is 35.5. The van der Waals surface area contributed by atoms with E-state index in [1.807, 2.05) is 0 Å². The van der Waals surface area contributed by atoms with Crippen LogP contribution in [0.3, 0.4) is 0 Å². The van der Waals surface area contributed by atoms with Gasteiger partial charge in [-0.15, -0.1) is 0 Å². The number of benzene rings is 1. The van der Waals surface area contributed by atoms with E-state index >= 15 is 0 Å². The normalized spacial score (nSPS) is 13.5. The van der Waals surface area contributed by atoms with Gasteiger partial charge in [0.15, 0.2) is 0 Å². The predicted molar refractivity (Wildman–Crippen MR) is 64.2 cm³/mol. The average Bonchev–Trinajstić information content (AvgIpc) is 2.06. The van der Waals surface area contributed by atoms with Crippen LogP contribution in [0.25, 0.3) is 0 Å². The number of anilines is 1. The first-order chi connectivity index (χ1) is 7.28. The lowest BCUT2D eigenvalue weighted by Crippen LogP contribution is -2.25. The summed E-state index contributed by atoms with van der Waals surface area (Å²) in [6.45, 7) is 1.68. The number of hydrogen-bond acceptors (Lipinski definition) is 3. The molecule has 1 aromatic carbocycles. The zero-order valence-electron chi connectivity index (χ0n) is 9.00. The van der Waals surface area contributed by atoms with Crippen molar-refractivity contribution in [3.8, 4) is 0 Å². The van der Waals surface area contributed by atoms with Gasteiger partial charge in [-0.05, 0) is 25.1 Å². The summed E-state index contributed by atoms with van der Waals surface area (Å²) < 4.78 is 35.4. The third-order valence-corrected chi connectivity index (χ3v) is 3.23. The summed E-state index contributed by atoms with van der Waals surface area (Å²) in [5.41, 5.74) is 0.251. The Kier molecular flexibility index (Phi) is 4.15. The molecule has 0 radical (unpaired) electrons. The van der Waals surface area contributed by atoms with Gasteiger partial charge in [-0.2, -0.15) is 0 Å². The summed E-state index contributed by atoms with van der Waals surface area (Å²) in [5, 5.41) is 3.09. The number of nitrogens with one attached hydrogen (secondary N) is 1. The van der Waals surface area contributed by atoms with Gasteiger partial charge in [0.25, 0.3) is 0 Å². The Labute approximate surface area is 99.5 Å². The van der Waals surface area contributed by atoms with Crippen LogP contribution < -0.4 is 5.32 Å². The lowest BCUT2D eigenvalue weighted by atomic mass is 10.2. The van der Waals surface area contributed by atoms with Crippen molar-refractivity contribution in [1.82, 2.24) is 0 Å². The van der Waals surface area contributed by atoms with Gasteiger partial charge in [0, 0.05) is 17.3 Å². The summed E-state index contributed by atoms with van der Waals surface area (Å²) >= 11 is 5.60. The molecule has 6 heteroatoms. The quantitative estimate of drug-likeness (QED) is 0.909. The van der Waals surface area contributed by atoms with Crippen molar-refractivity contribution in [2.24, 2.45) is 0 Å². The fourth-order valence-electron chi connectivity index (χ4n) is 1.37. The van der Waals surface area contributed by atoms with Crippen molar-refractivity contribution in [2.75, 3.05) is 17.3 Å². The standard InChI is InChI=1S/C10H13ClFNO2S/c1-7(6-16(2,14)15)13-10-4-3-8(11)5-9(10)12/h3-5,7,13H,6H2,1-2H3. The Balaban J connectivity index is 2.73. The largest absolute Gasteiger partial charge is 0.379 e. The van der Waals surface area contributed by atoms with E-state index in [9.17, 15) is 12.8 Å². The van der Waals surface area contributed by atoms with Crippen molar-refractivity contribution in [2.45, 2.75) is 13.0 Å². The van der Waals surface area contributed by atoms with Gasteiger partial charge >= 0.3 is 0 Å². The molecule has 0 aliphatic carbocycles. The van der Waals surface area contributed by atoms with Crippen LogP contribution in [0.5, 0.6) is 0 Å². The first kappa shape index (κ1) is 13.3. The SMILES string of the molecule is CC(CS(C)(=O)=O)Nc1ccc(Cl)cc1F. The Morgan fingerprint density at radius 3 is 2.62 bits per heavy atom. The molecule has 0 aliphatic rings. The van der Waals surface area contributed by atoms with Gasteiger partial charge in [-0.1, -0.05) is 11.6 Å². The minimum absolute atomic E-state index is 0.0466. The van der Waals surface area contributed by atoms with Crippen LogP contribution in [-0.4, -0.2) is 26.5 Å². The fourth-order valence-corrected chi connectivity index (χ4v) is 2.52. The maximum Gasteiger partial charge on any atom is 0.149 e. The van der Waals surface area contributed by atoms with E-state index in [1.54, 1.807) is 13.0 Å². The van der Waals surface area contributed by atoms with Crippen molar-refractivity contribution in [3.63, 3.8) is 0 Å². The molecule has 0 saturated carbocycles. The van der Waals surface area contributed by atoms with Gasteiger partial charge in [-0.25, -0.2) is 12.8 Å². The number of rotatable bonds is 4. The fraction of sp³-hybridized carbons (Fsp3) is 0.400. The maximum atomic E-state index is 13.3. The minimum Gasteiger partial charge on any atom is -0.379 e. The predicted octanol–water partition coefficient (Wildman–Crippen LogP) is 2.32. The molecule has 1 N–H and O–H groups in total. The Morgan fingerprint density at radius 2 is 2.12 bits per heavy atom. The lowest BCUT2D eigenvalue weighted by molar-refractivity contribution is 0.596. The molecule has 0 heterocycles. The molecule has 0 fully saturated rings. The van der Waals surface area contributed by atoms with Crippen LogP contribution >= 0.6 is 11.6 Å². The monoisotopic (exact) mass is 265 g/mol. The number of hydrogen-bond donors (Lipinski definition) is 1. The van der Waals surface area contributed by atoms with Crippen LogP contribution in [0.2, 0.25) is 5.02 Å².